The van der Waals surface area contributed by atoms with Crippen LogP contribution in [0.1, 0.15) is 36.2 Å². The molecule has 0 bridgehead atoms. The number of benzene rings is 2. The minimum absolute atomic E-state index is 0.00956. The molecule has 4 nitrogen and oxygen atoms in total. The minimum Gasteiger partial charge on any atom is -0.359 e. The topological polar surface area (TPSA) is 49.4 Å². The minimum atomic E-state index is -0.0701. The van der Waals surface area contributed by atoms with E-state index in [1.807, 2.05) is 12.1 Å². The predicted octanol–water partition coefficient (Wildman–Crippen LogP) is 3.67. The summed E-state index contributed by atoms with van der Waals surface area (Å²) in [5.74, 6) is -0.0797. The third-order valence-corrected chi connectivity index (χ3v) is 4.53. The van der Waals surface area contributed by atoms with E-state index in [4.69, 9.17) is 0 Å². The number of hydrogen-bond donors (Lipinski definition) is 1. The Kier molecular flexibility index (Phi) is 4.65. The van der Waals surface area contributed by atoms with Crippen molar-refractivity contribution in [3.63, 3.8) is 0 Å². The molecule has 124 valence electrons. The number of nitrogens with one attached hydrogen (secondary N) is 1. The zero-order valence-corrected chi connectivity index (χ0v) is 14.1. The number of ketones is 1. The Morgan fingerprint density at radius 1 is 1.17 bits per heavy atom. The number of amides is 1. The molecule has 0 spiro atoms. The molecule has 0 saturated heterocycles. The molecule has 1 atom stereocenters. The molecular weight excluding hydrogens is 300 g/mol. The molecule has 3 rings (SSSR count). The van der Waals surface area contributed by atoms with Crippen molar-refractivity contribution in [2.45, 2.75) is 32.7 Å². The zero-order chi connectivity index (χ0) is 17.1. The molecule has 1 aliphatic rings. The first kappa shape index (κ1) is 16.2. The molecule has 0 aromatic heterocycles. The van der Waals surface area contributed by atoms with Crippen molar-refractivity contribution >= 4 is 23.1 Å². The van der Waals surface area contributed by atoms with E-state index in [1.165, 1.54) is 12.5 Å². The molecule has 1 heterocycles. The number of rotatable bonds is 4. The van der Waals surface area contributed by atoms with E-state index in [0.29, 0.717) is 23.8 Å². The van der Waals surface area contributed by atoms with Gasteiger partial charge < -0.3 is 10.2 Å². The van der Waals surface area contributed by atoms with Gasteiger partial charge in [-0.05, 0) is 50.5 Å². The van der Waals surface area contributed by atoms with E-state index < -0.39 is 0 Å². The van der Waals surface area contributed by atoms with Gasteiger partial charge in [-0.3, -0.25) is 9.59 Å². The summed E-state index contributed by atoms with van der Waals surface area (Å²) in [6.45, 7) is 3.98. The number of carbonyl (C=O) groups excluding carboxylic acids is 2. The monoisotopic (exact) mass is 322 g/mol. The maximum Gasteiger partial charge on any atom is 0.243 e. The van der Waals surface area contributed by atoms with Crippen LogP contribution in [0, 0.1) is 0 Å². The Bertz CT molecular complexity index is 770. The van der Waals surface area contributed by atoms with Crippen LogP contribution in [0.2, 0.25) is 0 Å². The molecule has 1 amide bonds. The highest BCUT2D eigenvalue weighted by atomic mass is 16.2. The largest absolute Gasteiger partial charge is 0.359 e. The van der Waals surface area contributed by atoms with E-state index in [1.54, 1.807) is 24.3 Å². The Balaban J connectivity index is 1.73. The summed E-state index contributed by atoms with van der Waals surface area (Å²) >= 11 is 0. The summed E-state index contributed by atoms with van der Waals surface area (Å²) in [7, 11) is 0. The number of hydrogen-bond acceptors (Lipinski definition) is 3. The smallest absolute Gasteiger partial charge is 0.243 e. The van der Waals surface area contributed by atoms with Crippen molar-refractivity contribution in [2.24, 2.45) is 0 Å². The predicted molar refractivity (Wildman–Crippen MR) is 96.6 cm³/mol. The van der Waals surface area contributed by atoms with Gasteiger partial charge in [0.1, 0.15) is 0 Å². The van der Waals surface area contributed by atoms with Gasteiger partial charge in [-0.15, -0.1) is 0 Å². The quantitative estimate of drug-likeness (QED) is 0.874. The van der Waals surface area contributed by atoms with Crippen molar-refractivity contribution in [3.05, 3.63) is 59.7 Å². The van der Waals surface area contributed by atoms with Crippen LogP contribution >= 0.6 is 0 Å². The third kappa shape index (κ3) is 3.48. The van der Waals surface area contributed by atoms with Crippen LogP contribution in [-0.2, 0) is 11.2 Å². The highest BCUT2D eigenvalue weighted by Gasteiger charge is 2.24. The molecule has 2 aromatic carbocycles. The Morgan fingerprint density at radius 2 is 1.96 bits per heavy atom. The number of aryl methyl sites for hydroxylation is 1. The first-order valence-corrected chi connectivity index (χ1v) is 8.30. The van der Waals surface area contributed by atoms with Gasteiger partial charge in [0.25, 0.3) is 0 Å². The van der Waals surface area contributed by atoms with Gasteiger partial charge in [-0.25, -0.2) is 0 Å². The Hall–Kier alpha value is -2.62. The second kappa shape index (κ2) is 6.87. The van der Waals surface area contributed by atoms with Crippen molar-refractivity contribution < 1.29 is 9.59 Å². The molecule has 1 aliphatic heterocycles. The Morgan fingerprint density at radius 3 is 2.75 bits per heavy atom. The molecule has 0 radical (unpaired) electrons. The van der Waals surface area contributed by atoms with E-state index in [-0.39, 0.29) is 11.7 Å². The van der Waals surface area contributed by atoms with E-state index in [2.05, 4.69) is 29.3 Å². The molecule has 2 aromatic rings. The number of Topliss-reactive ketones (excluding diaryl/α,β-unsaturated/α-hetero) is 1. The average Bonchev–Trinajstić information content (AvgIpc) is 2.57. The molecule has 0 fully saturated rings. The maximum atomic E-state index is 12.5. The second-order valence-electron chi connectivity index (χ2n) is 6.33. The van der Waals surface area contributed by atoms with Crippen molar-refractivity contribution in [1.82, 2.24) is 0 Å². The standard InChI is InChI=1S/C20H22N2O2/c1-14-10-11-16-6-3-4-9-19(16)22(14)13-20(24)21-18-8-5-7-17(12-18)15(2)23/h3-9,12,14H,10-11,13H2,1-2H3,(H,21,24). The first-order chi connectivity index (χ1) is 11.5. The van der Waals surface area contributed by atoms with Gasteiger partial charge in [0.15, 0.2) is 5.78 Å². The average molecular weight is 322 g/mol. The van der Waals surface area contributed by atoms with Gasteiger partial charge in [-0.1, -0.05) is 30.3 Å². The summed E-state index contributed by atoms with van der Waals surface area (Å²) in [5, 5.41) is 2.90. The lowest BCUT2D eigenvalue weighted by Gasteiger charge is -2.36. The van der Waals surface area contributed by atoms with Crippen molar-refractivity contribution in [1.29, 1.82) is 0 Å². The van der Waals surface area contributed by atoms with Gasteiger partial charge >= 0.3 is 0 Å². The molecule has 0 saturated carbocycles. The summed E-state index contributed by atoms with van der Waals surface area (Å²) in [5.41, 5.74) is 3.70. The molecule has 4 heteroatoms. The van der Waals surface area contributed by atoms with E-state index in [9.17, 15) is 9.59 Å². The highest BCUT2D eigenvalue weighted by Crippen LogP contribution is 2.30. The first-order valence-electron chi connectivity index (χ1n) is 8.30. The SMILES string of the molecule is CC(=O)c1cccc(NC(=O)CN2c3ccccc3CCC2C)c1. The van der Waals surface area contributed by atoms with Crippen LogP contribution in [0.3, 0.4) is 0 Å². The van der Waals surface area contributed by atoms with Crippen LogP contribution in [0.15, 0.2) is 48.5 Å². The van der Waals surface area contributed by atoms with Crippen LogP contribution < -0.4 is 10.2 Å². The molecular formula is C20H22N2O2. The molecule has 1 N–H and O–H groups in total. The number of para-hydroxylation sites is 1. The van der Waals surface area contributed by atoms with E-state index >= 15 is 0 Å². The fraction of sp³-hybridized carbons (Fsp3) is 0.300. The van der Waals surface area contributed by atoms with Crippen LogP contribution in [0.4, 0.5) is 11.4 Å². The fourth-order valence-electron chi connectivity index (χ4n) is 3.17. The Labute approximate surface area is 142 Å². The lowest BCUT2D eigenvalue weighted by molar-refractivity contribution is -0.115. The zero-order valence-electron chi connectivity index (χ0n) is 14.1. The maximum absolute atomic E-state index is 12.5. The van der Waals surface area contributed by atoms with Crippen molar-refractivity contribution in [2.75, 3.05) is 16.8 Å². The summed E-state index contributed by atoms with van der Waals surface area (Å²) < 4.78 is 0. The summed E-state index contributed by atoms with van der Waals surface area (Å²) in [6.07, 6.45) is 2.10. The second-order valence-corrected chi connectivity index (χ2v) is 6.33. The fourth-order valence-corrected chi connectivity index (χ4v) is 3.17. The van der Waals surface area contributed by atoms with Crippen molar-refractivity contribution in [3.8, 4) is 0 Å². The summed E-state index contributed by atoms with van der Waals surface area (Å²) in [6, 6.07) is 15.6. The van der Waals surface area contributed by atoms with Crippen LogP contribution in [0.25, 0.3) is 0 Å². The van der Waals surface area contributed by atoms with Gasteiger partial charge in [-0.2, -0.15) is 0 Å². The molecule has 1 unspecified atom stereocenters. The molecule has 24 heavy (non-hydrogen) atoms. The lowest BCUT2D eigenvalue weighted by Crippen LogP contribution is -2.42. The normalized spacial score (nSPS) is 16.4. The highest BCUT2D eigenvalue weighted by molar-refractivity contribution is 5.98. The van der Waals surface area contributed by atoms with E-state index in [0.717, 1.165) is 18.5 Å². The third-order valence-electron chi connectivity index (χ3n) is 4.53. The van der Waals surface area contributed by atoms with Gasteiger partial charge in [0.05, 0.1) is 6.54 Å². The number of carbonyl (C=O) groups is 2. The van der Waals surface area contributed by atoms with Gasteiger partial charge in [0.2, 0.25) is 5.91 Å². The number of fused-ring (bicyclic) bond motifs is 1. The van der Waals surface area contributed by atoms with Crippen LogP contribution in [-0.4, -0.2) is 24.3 Å². The van der Waals surface area contributed by atoms with Gasteiger partial charge in [0, 0.05) is 23.0 Å². The number of anilines is 2. The lowest BCUT2D eigenvalue weighted by atomic mass is 9.96. The van der Waals surface area contributed by atoms with Crippen LogP contribution in [0.5, 0.6) is 0 Å². The molecule has 0 aliphatic carbocycles. The number of nitrogens with zero attached hydrogens (tertiary/aromatic N) is 1. The summed E-state index contributed by atoms with van der Waals surface area (Å²) in [4.78, 5) is 26.1.